The van der Waals surface area contributed by atoms with Crippen molar-refractivity contribution in [2.45, 2.75) is 27.3 Å². The van der Waals surface area contributed by atoms with Crippen molar-refractivity contribution in [3.05, 3.63) is 74.9 Å². The van der Waals surface area contributed by atoms with E-state index in [9.17, 15) is 0 Å². The molecule has 3 nitrogen and oxygen atoms in total. The molecule has 4 aromatic rings. The van der Waals surface area contributed by atoms with Gasteiger partial charge in [0.05, 0.1) is 22.8 Å². The topological polar surface area (TPSA) is 41.6 Å². The summed E-state index contributed by atoms with van der Waals surface area (Å²) in [5, 5.41) is 15.6. The van der Waals surface area contributed by atoms with Gasteiger partial charge in [0.25, 0.3) is 0 Å². The van der Waals surface area contributed by atoms with E-state index in [1.807, 2.05) is 35.1 Å². The first-order valence-corrected chi connectivity index (χ1v) is 9.89. The highest BCUT2D eigenvalue weighted by atomic mass is 35.5. The molecule has 0 aliphatic heterocycles. The number of aromatic nitrogens is 2. The Hall–Kier alpha value is -2.61. The number of halogens is 1. The second-order valence-corrected chi connectivity index (χ2v) is 8.34. The van der Waals surface area contributed by atoms with Gasteiger partial charge in [0.2, 0.25) is 0 Å². The summed E-state index contributed by atoms with van der Waals surface area (Å²) in [4.78, 5) is 1.28. The van der Waals surface area contributed by atoms with E-state index in [-0.39, 0.29) is 0 Å². The first kappa shape index (κ1) is 17.8. The number of hydrogen-bond donors (Lipinski definition) is 0. The van der Waals surface area contributed by atoms with Crippen LogP contribution >= 0.6 is 22.9 Å². The number of nitrogens with zero attached hydrogens (tertiary/aromatic N) is 3. The van der Waals surface area contributed by atoms with Gasteiger partial charge in [-0.15, -0.1) is 11.3 Å². The molecule has 134 valence electrons. The Morgan fingerprint density at radius 2 is 1.93 bits per heavy atom. The number of nitriles is 1. The van der Waals surface area contributed by atoms with E-state index in [1.165, 1.54) is 20.5 Å². The van der Waals surface area contributed by atoms with Crippen molar-refractivity contribution in [3.63, 3.8) is 0 Å². The molecule has 0 bridgehead atoms. The molecule has 2 aromatic heterocycles. The number of aryl methyl sites for hydroxylation is 2. The first-order chi connectivity index (χ1) is 13.0. The summed E-state index contributed by atoms with van der Waals surface area (Å²) in [5.41, 5.74) is 5.90. The Morgan fingerprint density at radius 1 is 1.11 bits per heavy atom. The number of rotatable bonds is 3. The van der Waals surface area contributed by atoms with Gasteiger partial charge in [-0.25, -0.2) is 0 Å². The highest BCUT2D eigenvalue weighted by Crippen LogP contribution is 2.32. The molecule has 4 rings (SSSR count). The van der Waals surface area contributed by atoms with Gasteiger partial charge in [-0.3, -0.25) is 4.68 Å². The van der Waals surface area contributed by atoms with Gasteiger partial charge in [-0.05, 0) is 56.0 Å². The molecule has 2 heterocycles. The van der Waals surface area contributed by atoms with Crippen LogP contribution in [0.4, 0.5) is 0 Å². The van der Waals surface area contributed by atoms with Gasteiger partial charge >= 0.3 is 0 Å². The number of hydrogen-bond acceptors (Lipinski definition) is 3. The van der Waals surface area contributed by atoms with E-state index >= 15 is 0 Å². The molecule has 0 radical (unpaired) electrons. The fourth-order valence-electron chi connectivity index (χ4n) is 3.47. The Kier molecular flexibility index (Phi) is 4.51. The van der Waals surface area contributed by atoms with Crippen LogP contribution in [-0.2, 0) is 6.54 Å². The number of fused-ring (bicyclic) bond motifs is 1. The lowest BCUT2D eigenvalue weighted by Gasteiger charge is -2.06. The number of benzene rings is 2. The van der Waals surface area contributed by atoms with Gasteiger partial charge < -0.3 is 0 Å². The third-order valence-corrected chi connectivity index (χ3v) is 6.20. The second kappa shape index (κ2) is 6.84. The van der Waals surface area contributed by atoms with Gasteiger partial charge in [-0.1, -0.05) is 35.4 Å². The molecule has 0 saturated carbocycles. The summed E-state index contributed by atoms with van der Waals surface area (Å²) >= 11 is 8.04. The van der Waals surface area contributed by atoms with Gasteiger partial charge in [0, 0.05) is 20.8 Å². The zero-order valence-electron chi connectivity index (χ0n) is 15.4. The van der Waals surface area contributed by atoms with Gasteiger partial charge in [0.15, 0.2) is 0 Å². The molecule has 2 aromatic carbocycles. The molecule has 0 saturated heterocycles. The quantitative estimate of drug-likeness (QED) is 0.413. The summed E-state index contributed by atoms with van der Waals surface area (Å²) in [6, 6.07) is 16.5. The van der Waals surface area contributed by atoms with E-state index in [0.29, 0.717) is 10.6 Å². The van der Waals surface area contributed by atoms with Crippen molar-refractivity contribution in [2.24, 2.45) is 0 Å². The SMILES string of the molecule is Cc1ccc2sc(Cn3nc(C)c(-c4ccc(C#N)c(Cl)c4)c3C)cc2c1. The molecule has 0 aliphatic carbocycles. The molecular weight excluding hydrogens is 374 g/mol. The third kappa shape index (κ3) is 3.25. The lowest BCUT2D eigenvalue weighted by Crippen LogP contribution is -2.02. The fraction of sp³-hybridized carbons (Fsp3) is 0.182. The second-order valence-electron chi connectivity index (χ2n) is 6.76. The van der Waals surface area contributed by atoms with Crippen LogP contribution in [0.1, 0.15) is 27.4 Å². The van der Waals surface area contributed by atoms with Crippen molar-refractivity contribution < 1.29 is 0 Å². The zero-order chi connectivity index (χ0) is 19.1. The van der Waals surface area contributed by atoms with Crippen molar-refractivity contribution >= 4 is 33.0 Å². The summed E-state index contributed by atoms with van der Waals surface area (Å²) in [6.07, 6.45) is 0. The van der Waals surface area contributed by atoms with Crippen LogP contribution in [0.25, 0.3) is 21.2 Å². The van der Waals surface area contributed by atoms with Crippen molar-refractivity contribution in [3.8, 4) is 17.2 Å². The molecule has 0 unspecified atom stereocenters. The summed E-state index contributed by atoms with van der Waals surface area (Å²) in [7, 11) is 0. The Labute approximate surface area is 167 Å². The normalized spacial score (nSPS) is 11.1. The fourth-order valence-corrected chi connectivity index (χ4v) is 4.72. The molecule has 5 heteroatoms. The highest BCUT2D eigenvalue weighted by Gasteiger charge is 2.15. The number of thiophene rings is 1. The van der Waals surface area contributed by atoms with E-state index in [0.717, 1.165) is 29.1 Å². The van der Waals surface area contributed by atoms with E-state index in [2.05, 4.69) is 44.2 Å². The van der Waals surface area contributed by atoms with Crippen LogP contribution in [0.15, 0.2) is 42.5 Å². The minimum Gasteiger partial charge on any atom is -0.264 e. The van der Waals surface area contributed by atoms with Crippen molar-refractivity contribution in [2.75, 3.05) is 0 Å². The highest BCUT2D eigenvalue weighted by molar-refractivity contribution is 7.19. The minimum absolute atomic E-state index is 0.474. The Morgan fingerprint density at radius 3 is 2.67 bits per heavy atom. The minimum atomic E-state index is 0.474. The largest absolute Gasteiger partial charge is 0.264 e. The first-order valence-electron chi connectivity index (χ1n) is 8.69. The average Bonchev–Trinajstić information content (AvgIpc) is 3.14. The lowest BCUT2D eigenvalue weighted by molar-refractivity contribution is 0.666. The van der Waals surface area contributed by atoms with Crippen LogP contribution in [-0.4, -0.2) is 9.78 Å². The van der Waals surface area contributed by atoms with Gasteiger partial charge in [0.1, 0.15) is 6.07 Å². The van der Waals surface area contributed by atoms with E-state index in [1.54, 1.807) is 6.07 Å². The summed E-state index contributed by atoms with van der Waals surface area (Å²) in [6.45, 7) is 6.96. The predicted molar refractivity (Wildman–Crippen MR) is 113 cm³/mol. The average molecular weight is 392 g/mol. The Balaban J connectivity index is 1.71. The molecule has 0 atom stereocenters. The maximum absolute atomic E-state index is 9.08. The lowest BCUT2D eigenvalue weighted by atomic mass is 10.0. The summed E-state index contributed by atoms with van der Waals surface area (Å²) < 4.78 is 3.35. The molecule has 0 spiro atoms. The zero-order valence-corrected chi connectivity index (χ0v) is 16.9. The Bertz CT molecular complexity index is 1210. The van der Waals surface area contributed by atoms with Crippen LogP contribution in [0, 0.1) is 32.1 Å². The molecule has 0 amide bonds. The third-order valence-electron chi connectivity index (χ3n) is 4.79. The molecule has 0 N–H and O–H groups in total. The predicted octanol–water partition coefficient (Wildman–Crippen LogP) is 6.26. The smallest absolute Gasteiger partial charge is 0.101 e. The molecule has 0 fully saturated rings. The van der Waals surface area contributed by atoms with E-state index < -0.39 is 0 Å². The monoisotopic (exact) mass is 391 g/mol. The van der Waals surface area contributed by atoms with Crippen LogP contribution in [0.2, 0.25) is 5.02 Å². The van der Waals surface area contributed by atoms with Crippen molar-refractivity contribution in [1.82, 2.24) is 9.78 Å². The summed E-state index contributed by atoms with van der Waals surface area (Å²) in [5.74, 6) is 0. The standard InChI is InChI=1S/C22H18ClN3S/c1-13-4-7-21-18(8-13)9-19(27-21)12-26-15(3)22(14(2)25-26)16-5-6-17(11-24)20(23)10-16/h4-10H,12H2,1-3H3. The van der Waals surface area contributed by atoms with E-state index in [4.69, 9.17) is 22.0 Å². The van der Waals surface area contributed by atoms with Crippen LogP contribution in [0.5, 0.6) is 0 Å². The maximum Gasteiger partial charge on any atom is 0.101 e. The molecular formula is C22H18ClN3S. The maximum atomic E-state index is 9.08. The van der Waals surface area contributed by atoms with Crippen molar-refractivity contribution in [1.29, 1.82) is 5.26 Å². The molecule has 0 aliphatic rings. The van der Waals surface area contributed by atoms with Crippen LogP contribution in [0.3, 0.4) is 0 Å². The van der Waals surface area contributed by atoms with Crippen LogP contribution < -0.4 is 0 Å². The van der Waals surface area contributed by atoms with Gasteiger partial charge in [-0.2, -0.15) is 10.4 Å². The molecule has 27 heavy (non-hydrogen) atoms.